The molecule has 4 heteroatoms. The first-order valence-electron chi connectivity index (χ1n) is 33.5. The zero-order valence-electron chi connectivity index (χ0n) is 56.6. The Morgan fingerprint density at radius 2 is 0.750 bits per heavy atom. The van der Waals surface area contributed by atoms with Crippen LogP contribution in [0.5, 0.6) is 0 Å². The van der Waals surface area contributed by atoms with Crippen molar-refractivity contribution in [2.45, 2.75) is 143 Å². The third-order valence-corrected chi connectivity index (χ3v) is 20.5. The van der Waals surface area contributed by atoms with E-state index in [4.69, 9.17) is 0 Å². The summed E-state index contributed by atoms with van der Waals surface area (Å²) in [5.41, 5.74) is 32.4. The molecule has 0 saturated heterocycles. The molecule has 15 rings (SSSR count). The second-order valence-corrected chi connectivity index (χ2v) is 31.8. The Kier molecular flexibility index (Phi) is 13.7. The summed E-state index contributed by atoms with van der Waals surface area (Å²) in [4.78, 5) is 5.37. The molecule has 3 heterocycles. The zero-order valence-corrected chi connectivity index (χ0v) is 56.6. The predicted octanol–water partition coefficient (Wildman–Crippen LogP) is 21.8. The van der Waals surface area contributed by atoms with Crippen molar-refractivity contribution in [1.82, 2.24) is 4.57 Å². The summed E-state index contributed by atoms with van der Waals surface area (Å²) < 4.78 is 2.56. The van der Waals surface area contributed by atoms with Gasteiger partial charge in [-0.15, -0.1) is 0 Å². The Labute approximate surface area is 547 Å². The number of aromatic nitrogens is 1. The van der Waals surface area contributed by atoms with Crippen molar-refractivity contribution in [2.75, 3.05) is 9.80 Å². The predicted molar refractivity (Wildman–Crippen MR) is 396 cm³/mol. The van der Waals surface area contributed by atoms with Gasteiger partial charge in [0.05, 0.1) is 22.4 Å². The van der Waals surface area contributed by atoms with E-state index < -0.39 is 0 Å². The zero-order chi connectivity index (χ0) is 64.1. The van der Waals surface area contributed by atoms with Gasteiger partial charge in [-0.1, -0.05) is 256 Å². The normalized spacial score (nSPS) is 14.1. The van der Waals surface area contributed by atoms with Gasteiger partial charge < -0.3 is 14.4 Å². The smallest absolute Gasteiger partial charge is 0.252 e. The van der Waals surface area contributed by atoms with E-state index in [1.807, 2.05) is 0 Å². The Hall–Kier alpha value is -9.12. The second-order valence-electron chi connectivity index (χ2n) is 31.8. The van der Waals surface area contributed by atoms with Crippen molar-refractivity contribution >= 4 is 79.0 Å². The molecule has 1 aliphatic carbocycles. The molecule has 0 saturated carbocycles. The van der Waals surface area contributed by atoms with Crippen LogP contribution in [-0.2, 0) is 33.5 Å². The van der Waals surface area contributed by atoms with Gasteiger partial charge >= 0.3 is 0 Å². The van der Waals surface area contributed by atoms with E-state index in [0.29, 0.717) is 0 Å². The maximum Gasteiger partial charge on any atom is 0.252 e. The average Bonchev–Trinajstić information content (AvgIpc) is 0.766. The van der Waals surface area contributed by atoms with Gasteiger partial charge in [0.15, 0.2) is 0 Å². The topological polar surface area (TPSA) is 11.4 Å². The number of benzene rings is 11. The highest BCUT2D eigenvalue weighted by Crippen LogP contribution is 2.52. The molecule has 2 aliphatic heterocycles. The van der Waals surface area contributed by atoms with Crippen molar-refractivity contribution in [3.8, 4) is 27.9 Å². The third-order valence-electron chi connectivity index (χ3n) is 20.5. The third kappa shape index (κ3) is 9.85. The van der Waals surface area contributed by atoms with E-state index in [9.17, 15) is 0 Å². The maximum atomic E-state index is 2.70. The fourth-order valence-electron chi connectivity index (χ4n) is 15.3. The van der Waals surface area contributed by atoms with Crippen LogP contribution in [0.1, 0.15) is 165 Å². The largest absolute Gasteiger partial charge is 0.311 e. The molecule has 12 aromatic rings. The van der Waals surface area contributed by atoms with E-state index >= 15 is 0 Å². The van der Waals surface area contributed by atoms with Crippen LogP contribution in [0.25, 0.3) is 49.7 Å². The van der Waals surface area contributed by atoms with Gasteiger partial charge in [-0.05, 0) is 196 Å². The van der Waals surface area contributed by atoms with Crippen molar-refractivity contribution < 1.29 is 0 Å². The summed E-state index contributed by atoms with van der Waals surface area (Å²) in [6.45, 7) is 35.1. The second kappa shape index (κ2) is 21.2. The minimum atomic E-state index is -0.232. The van der Waals surface area contributed by atoms with E-state index in [1.54, 1.807) is 0 Å². The molecule has 11 aromatic carbocycles. The fraction of sp³-hybridized carbons (Fsp3) is 0.250. The number of anilines is 6. The first-order chi connectivity index (χ1) is 43.8. The van der Waals surface area contributed by atoms with Crippen LogP contribution in [0.4, 0.5) is 34.1 Å². The molecule has 0 fully saturated rings. The van der Waals surface area contributed by atoms with Crippen LogP contribution in [0, 0.1) is 0 Å². The van der Waals surface area contributed by atoms with Gasteiger partial charge in [-0.3, -0.25) is 0 Å². The van der Waals surface area contributed by atoms with Crippen LogP contribution in [0.15, 0.2) is 231 Å². The highest BCUT2D eigenvalue weighted by atomic mass is 15.2. The molecule has 3 nitrogen and oxygen atoms in total. The van der Waals surface area contributed by atoms with E-state index in [-0.39, 0.29) is 39.7 Å². The first kappa shape index (κ1) is 59.2. The quantitative estimate of drug-likeness (QED) is 0.154. The molecule has 0 radical (unpaired) electrons. The molecule has 456 valence electrons. The van der Waals surface area contributed by atoms with Gasteiger partial charge in [0.2, 0.25) is 0 Å². The molecule has 1 aromatic heterocycles. The Morgan fingerprint density at radius 1 is 0.326 bits per heavy atom. The maximum absolute atomic E-state index is 2.70. The Bertz CT molecular complexity index is 4810. The monoisotopic (exact) mass is 1200 g/mol. The Balaban J connectivity index is 1.09. The van der Waals surface area contributed by atoms with Crippen LogP contribution in [-0.4, -0.2) is 11.3 Å². The molecule has 3 aliphatic rings. The molecular weight excluding hydrogens is 1110 g/mol. The molecule has 0 amide bonds. The van der Waals surface area contributed by atoms with Gasteiger partial charge in [0.25, 0.3) is 6.71 Å². The van der Waals surface area contributed by atoms with Gasteiger partial charge in [0, 0.05) is 56.3 Å². The number of nitrogens with zero attached hydrogens (tertiary/aromatic N) is 3. The van der Waals surface area contributed by atoms with Crippen LogP contribution in [0.2, 0.25) is 0 Å². The lowest BCUT2D eigenvalue weighted by molar-refractivity contribution is 0.590. The molecule has 0 N–H and O–H groups in total. The van der Waals surface area contributed by atoms with Crippen molar-refractivity contribution in [2.24, 2.45) is 0 Å². The molecule has 0 spiro atoms. The molecule has 92 heavy (non-hydrogen) atoms. The Morgan fingerprint density at radius 3 is 1.23 bits per heavy atom. The molecule has 0 atom stereocenters. The minimum absolute atomic E-state index is 0.0256. The van der Waals surface area contributed by atoms with Crippen molar-refractivity contribution in [3.05, 3.63) is 286 Å². The molecular formula is C88H86BN3. The van der Waals surface area contributed by atoms with Crippen LogP contribution < -0.4 is 26.2 Å². The number of hydrogen-bond acceptors (Lipinski definition) is 2. The standard InChI is InChI=1S/C88H86BN3/c1-84(2,3)60-35-42-74(68(48-60)55-26-18-16-19-27-55)91-78-41-34-59(82-66-32-24-22-30-57(66)46-58-31-23-25-33-67(58)82)47-73(78)89-72-40-39-65(90-76-44-37-62(86(7,8)9)50-70(76)71-51-63(87(10,11)12)38-45-77(71)90)54-79(72)92(81-53-64(88(13,14)15)52-80(91)83(81)89)75-43-36-61(85(4,5)6)49-69(75)56-28-20-17-21-29-56/h16-45,47-54,82H,46H2,1-15H3. The number of fused-ring (bicyclic) bond motifs is 9. The number of rotatable bonds is 6. The lowest BCUT2D eigenvalue weighted by Gasteiger charge is -2.46. The SMILES string of the molecule is CC(C)(C)c1ccc(N2c3ccc(C4c5ccccc5Cc5ccccc54)cc3B3c4ccc(-n5c6ccc(C(C)(C)C)cc6c6cc(C(C)(C)C)ccc65)cc4N(c4ccc(C(C)(C)C)cc4-c4ccccc4)c4cc(C(C)(C)C)cc2c43)c(-c2ccccc2)c1. The van der Waals surface area contributed by atoms with Crippen molar-refractivity contribution in [3.63, 3.8) is 0 Å². The van der Waals surface area contributed by atoms with Crippen molar-refractivity contribution in [1.29, 1.82) is 0 Å². The summed E-state index contributed by atoms with van der Waals surface area (Å²) in [6.07, 6.45) is 0.929. The van der Waals surface area contributed by atoms with E-state index in [2.05, 4.69) is 349 Å². The lowest BCUT2D eigenvalue weighted by Crippen LogP contribution is -2.61. The summed E-state index contributed by atoms with van der Waals surface area (Å²) in [6, 6.07) is 90.1. The highest BCUT2D eigenvalue weighted by molar-refractivity contribution is 7.00. The summed E-state index contributed by atoms with van der Waals surface area (Å²) in [7, 11) is 0. The summed E-state index contributed by atoms with van der Waals surface area (Å²) in [5, 5.41) is 2.57. The lowest BCUT2D eigenvalue weighted by atomic mass is 9.33. The molecule has 0 unspecified atom stereocenters. The average molecular weight is 1200 g/mol. The summed E-state index contributed by atoms with van der Waals surface area (Å²) >= 11 is 0. The summed E-state index contributed by atoms with van der Waals surface area (Å²) in [5.74, 6) is 0.0505. The molecule has 0 bridgehead atoms. The van der Waals surface area contributed by atoms with Crippen LogP contribution in [0.3, 0.4) is 0 Å². The van der Waals surface area contributed by atoms with E-state index in [0.717, 1.165) is 17.8 Å². The van der Waals surface area contributed by atoms with E-state index in [1.165, 1.54) is 145 Å². The number of hydrogen-bond donors (Lipinski definition) is 0. The highest BCUT2D eigenvalue weighted by Gasteiger charge is 2.46. The first-order valence-corrected chi connectivity index (χ1v) is 33.5. The van der Waals surface area contributed by atoms with Gasteiger partial charge in [-0.2, -0.15) is 0 Å². The minimum Gasteiger partial charge on any atom is -0.311 e. The van der Waals surface area contributed by atoms with Gasteiger partial charge in [-0.25, -0.2) is 0 Å². The van der Waals surface area contributed by atoms with Crippen LogP contribution >= 0.6 is 0 Å². The van der Waals surface area contributed by atoms with Gasteiger partial charge in [0.1, 0.15) is 0 Å². The fourth-order valence-corrected chi connectivity index (χ4v) is 15.3.